The third-order valence-corrected chi connectivity index (χ3v) is 0.667. The Morgan fingerprint density at radius 1 is 0.667 bits per heavy atom. The molecule has 0 nitrogen and oxygen atoms in total. The molecule has 0 fully saturated rings. The normalized spacial score (nSPS) is 7.33. The van der Waals surface area contributed by atoms with Gasteiger partial charge >= 0.3 is 0 Å². The summed E-state index contributed by atoms with van der Waals surface area (Å²) in [5.74, 6) is 0. The predicted octanol–water partition coefficient (Wildman–Crippen LogP) is 1.94. The molecule has 0 N–H and O–H groups in total. The van der Waals surface area contributed by atoms with Crippen LogP contribution in [0.5, 0.6) is 0 Å². The molecule has 50 valence electrons. The molecule has 0 bridgehead atoms. The predicted molar refractivity (Wildman–Crippen MR) is 46.7 cm³/mol. The standard InChI is InChI=1S/C6H6.C2H8Si/c1-2-4-6-5-3-1;1-3-2/h1-6H;3H2,1-2H3. The van der Waals surface area contributed by atoms with Gasteiger partial charge in [0.1, 0.15) is 0 Å². The van der Waals surface area contributed by atoms with Crippen LogP contribution in [0, 0.1) is 0 Å². The van der Waals surface area contributed by atoms with Gasteiger partial charge in [-0.25, -0.2) is 0 Å². The van der Waals surface area contributed by atoms with Gasteiger partial charge in [0.2, 0.25) is 0 Å². The minimum Gasteiger partial charge on any atom is -0.0750 e. The molecule has 9 heavy (non-hydrogen) atoms. The molecule has 1 heteroatoms. The van der Waals surface area contributed by atoms with E-state index in [4.69, 9.17) is 0 Å². The average Bonchev–Trinajstić information content (AvgIpc) is 1.93. The molecule has 0 heterocycles. The SMILES string of the molecule is C[SiH2]C.c1ccccc1. The van der Waals surface area contributed by atoms with E-state index in [1.165, 1.54) is 0 Å². The highest BCUT2D eigenvalue weighted by Gasteiger charge is 1.57. The summed E-state index contributed by atoms with van der Waals surface area (Å²) in [5.41, 5.74) is 0. The van der Waals surface area contributed by atoms with Crippen LogP contribution in [0.1, 0.15) is 0 Å². The third kappa shape index (κ3) is 7.44. The molecule has 1 rings (SSSR count). The quantitative estimate of drug-likeness (QED) is 0.481. The zero-order valence-corrected chi connectivity index (χ0v) is 7.59. The first-order valence-corrected chi connectivity index (χ1v) is 6.24. The molecule has 0 aromatic heterocycles. The summed E-state index contributed by atoms with van der Waals surface area (Å²) >= 11 is 0. The largest absolute Gasteiger partial charge is 0.0750 e. The number of rotatable bonds is 0. The topological polar surface area (TPSA) is 0 Å². The molecule has 1 aromatic rings. The molecule has 0 aliphatic carbocycles. The third-order valence-electron chi connectivity index (χ3n) is 0.667. The molecule has 0 atom stereocenters. The second kappa shape index (κ2) is 7.44. The number of hydrogen-bond acceptors (Lipinski definition) is 0. The Labute approximate surface area is 59.7 Å². The lowest BCUT2D eigenvalue weighted by Gasteiger charge is -1.69. The van der Waals surface area contributed by atoms with Crippen LogP contribution in [0.2, 0.25) is 13.1 Å². The van der Waals surface area contributed by atoms with Crippen molar-refractivity contribution in [2.45, 2.75) is 13.1 Å². The van der Waals surface area contributed by atoms with Gasteiger partial charge in [0.05, 0.1) is 0 Å². The summed E-state index contributed by atoms with van der Waals surface area (Å²) in [6.45, 7) is 4.53. The van der Waals surface area contributed by atoms with Crippen LogP contribution in [0.4, 0.5) is 0 Å². The summed E-state index contributed by atoms with van der Waals surface area (Å²) < 4.78 is 0. The van der Waals surface area contributed by atoms with E-state index < -0.39 is 0 Å². The Morgan fingerprint density at radius 2 is 0.778 bits per heavy atom. The van der Waals surface area contributed by atoms with Crippen LogP contribution in [-0.4, -0.2) is 9.52 Å². The first-order chi connectivity index (χ1) is 4.41. The van der Waals surface area contributed by atoms with Gasteiger partial charge in [-0.1, -0.05) is 49.5 Å². The molecule has 0 aliphatic rings. The Hall–Kier alpha value is -0.563. The van der Waals surface area contributed by atoms with Crippen LogP contribution < -0.4 is 0 Å². The molecule has 0 saturated heterocycles. The molecule has 0 amide bonds. The molecular formula is C8H14Si. The van der Waals surface area contributed by atoms with E-state index >= 15 is 0 Å². The molecule has 0 saturated carbocycles. The molecule has 0 spiro atoms. The zero-order valence-electron chi connectivity index (χ0n) is 6.17. The van der Waals surface area contributed by atoms with Gasteiger partial charge in [-0.2, -0.15) is 0 Å². The first kappa shape index (κ1) is 8.44. The van der Waals surface area contributed by atoms with Gasteiger partial charge in [0.25, 0.3) is 0 Å². The minimum atomic E-state index is 0.417. The fourth-order valence-electron chi connectivity index (χ4n) is 0.385. The van der Waals surface area contributed by atoms with Crippen molar-refractivity contribution in [3.63, 3.8) is 0 Å². The smallest absolute Gasteiger partial charge is 0.0135 e. The Kier molecular flexibility index (Phi) is 6.97. The van der Waals surface area contributed by atoms with Crippen LogP contribution >= 0.6 is 0 Å². The van der Waals surface area contributed by atoms with E-state index in [-0.39, 0.29) is 0 Å². The summed E-state index contributed by atoms with van der Waals surface area (Å²) in [6, 6.07) is 12.0. The maximum absolute atomic E-state index is 2.26. The van der Waals surface area contributed by atoms with E-state index in [1.54, 1.807) is 0 Å². The van der Waals surface area contributed by atoms with E-state index in [0.717, 1.165) is 0 Å². The van der Waals surface area contributed by atoms with Crippen molar-refractivity contribution in [2.24, 2.45) is 0 Å². The van der Waals surface area contributed by atoms with Gasteiger partial charge in [0, 0.05) is 9.52 Å². The minimum absolute atomic E-state index is 0.417. The van der Waals surface area contributed by atoms with Crippen LogP contribution in [0.25, 0.3) is 0 Å². The van der Waals surface area contributed by atoms with Gasteiger partial charge in [-0.05, 0) is 0 Å². The summed E-state index contributed by atoms with van der Waals surface area (Å²) in [7, 11) is 0.417. The zero-order chi connectivity index (χ0) is 6.95. The second-order valence-electron chi connectivity index (χ2n) is 1.86. The Balaban J connectivity index is 0.000000187. The molecule has 0 aliphatic heterocycles. The molecule has 1 aromatic carbocycles. The van der Waals surface area contributed by atoms with Crippen molar-refractivity contribution in [2.75, 3.05) is 0 Å². The van der Waals surface area contributed by atoms with Gasteiger partial charge in [0.15, 0.2) is 0 Å². The highest BCUT2D eigenvalue weighted by Crippen LogP contribution is 1.79. The fraction of sp³-hybridized carbons (Fsp3) is 0.250. The lowest BCUT2D eigenvalue weighted by Crippen LogP contribution is -1.53. The second-order valence-corrected chi connectivity index (χ2v) is 3.28. The number of benzene rings is 1. The van der Waals surface area contributed by atoms with Crippen molar-refractivity contribution < 1.29 is 0 Å². The van der Waals surface area contributed by atoms with E-state index in [9.17, 15) is 0 Å². The van der Waals surface area contributed by atoms with Crippen molar-refractivity contribution in [1.29, 1.82) is 0 Å². The summed E-state index contributed by atoms with van der Waals surface area (Å²) in [6.07, 6.45) is 0. The molecular weight excluding hydrogens is 124 g/mol. The maximum Gasteiger partial charge on any atom is 0.0135 e. The van der Waals surface area contributed by atoms with E-state index in [1.807, 2.05) is 36.4 Å². The highest BCUT2D eigenvalue weighted by atomic mass is 28.2. The van der Waals surface area contributed by atoms with Crippen molar-refractivity contribution in [3.05, 3.63) is 36.4 Å². The Bertz CT molecular complexity index is 87.4. The number of hydrogen-bond donors (Lipinski definition) is 0. The maximum atomic E-state index is 2.26. The van der Waals surface area contributed by atoms with Crippen molar-refractivity contribution in [1.82, 2.24) is 0 Å². The van der Waals surface area contributed by atoms with Crippen LogP contribution in [0.3, 0.4) is 0 Å². The lowest BCUT2D eigenvalue weighted by atomic mass is 10.4. The van der Waals surface area contributed by atoms with Gasteiger partial charge in [-0.3, -0.25) is 0 Å². The Morgan fingerprint density at radius 3 is 0.889 bits per heavy atom. The van der Waals surface area contributed by atoms with Gasteiger partial charge < -0.3 is 0 Å². The van der Waals surface area contributed by atoms with Crippen molar-refractivity contribution in [3.8, 4) is 0 Å². The van der Waals surface area contributed by atoms with Crippen LogP contribution in [0.15, 0.2) is 36.4 Å². The average molecular weight is 138 g/mol. The van der Waals surface area contributed by atoms with Crippen LogP contribution in [-0.2, 0) is 0 Å². The summed E-state index contributed by atoms with van der Waals surface area (Å²) in [4.78, 5) is 0. The molecule has 0 radical (unpaired) electrons. The van der Waals surface area contributed by atoms with Crippen molar-refractivity contribution >= 4 is 9.52 Å². The van der Waals surface area contributed by atoms with E-state index in [2.05, 4.69) is 13.1 Å². The fourth-order valence-corrected chi connectivity index (χ4v) is 0.385. The first-order valence-electron chi connectivity index (χ1n) is 3.41. The monoisotopic (exact) mass is 138 g/mol. The van der Waals surface area contributed by atoms with E-state index in [0.29, 0.717) is 9.52 Å². The summed E-state index contributed by atoms with van der Waals surface area (Å²) in [5, 5.41) is 0. The molecule has 0 unspecified atom stereocenters. The highest BCUT2D eigenvalue weighted by molar-refractivity contribution is 6.31. The lowest BCUT2D eigenvalue weighted by molar-refractivity contribution is 1.72. The van der Waals surface area contributed by atoms with Gasteiger partial charge in [-0.15, -0.1) is 0 Å².